The normalized spacial score (nSPS) is 25.8. The Morgan fingerprint density at radius 1 is 1.25 bits per heavy atom. The molecule has 0 aromatic carbocycles. The van der Waals surface area contributed by atoms with Crippen LogP contribution in [0, 0.1) is 11.3 Å². The lowest BCUT2D eigenvalue weighted by molar-refractivity contribution is -0.124. The molecule has 3 aromatic heterocycles. The molecule has 0 radical (unpaired) electrons. The van der Waals surface area contributed by atoms with Gasteiger partial charge in [0.15, 0.2) is 0 Å². The van der Waals surface area contributed by atoms with Crippen molar-refractivity contribution in [3.05, 3.63) is 34.1 Å². The maximum absolute atomic E-state index is 13.6. The summed E-state index contributed by atoms with van der Waals surface area (Å²) in [7, 11) is 1.57. The molecule has 7 rings (SSSR count). The average molecular weight is 575 g/mol. The number of nitrogens with zero attached hydrogens (tertiary/aromatic N) is 5. The van der Waals surface area contributed by atoms with Gasteiger partial charge in [0.1, 0.15) is 29.0 Å². The number of alkyl halides is 3. The molecule has 3 N–H and O–H groups in total. The van der Waals surface area contributed by atoms with Gasteiger partial charge in [-0.25, -0.2) is 13.2 Å². The molecular formula is C26H29F3N8O2S. The van der Waals surface area contributed by atoms with Gasteiger partial charge in [0.25, 0.3) is 12.3 Å². The zero-order valence-electron chi connectivity index (χ0n) is 21.8. The molecule has 0 saturated heterocycles. The number of nitrogens with one attached hydrogen (secondary N) is 3. The highest BCUT2D eigenvalue weighted by atomic mass is 32.1. The molecule has 3 saturated carbocycles. The Bertz CT molecular complexity index is 1490. The molecule has 4 aliphatic carbocycles. The van der Waals surface area contributed by atoms with E-state index in [4.69, 9.17) is 0 Å². The lowest BCUT2D eigenvalue weighted by atomic mass is 9.83. The molecule has 3 fully saturated rings. The third-order valence-electron chi connectivity index (χ3n) is 8.87. The molecule has 0 bridgehead atoms. The number of carbonyl (C=O) groups is 2. The number of thiophene rings is 1. The lowest BCUT2D eigenvalue weighted by Crippen LogP contribution is -2.36. The molecule has 1 spiro atoms. The summed E-state index contributed by atoms with van der Waals surface area (Å²) in [5.41, 5.74) is 1.32. The van der Waals surface area contributed by atoms with Crippen LogP contribution in [0.25, 0.3) is 0 Å². The molecule has 2 atom stereocenters. The molecule has 0 aliphatic heterocycles. The molecule has 3 heterocycles. The summed E-state index contributed by atoms with van der Waals surface area (Å²) in [6.45, 7) is 0. The number of fused-ring (bicyclic) bond motifs is 1. The first-order chi connectivity index (χ1) is 19.2. The van der Waals surface area contributed by atoms with Crippen LogP contribution in [0.1, 0.15) is 77.5 Å². The number of aromatic nitrogens is 5. The number of anilines is 3. The second-order valence-electron chi connectivity index (χ2n) is 11.5. The second-order valence-corrected chi connectivity index (χ2v) is 12.6. The van der Waals surface area contributed by atoms with E-state index in [9.17, 15) is 22.8 Å². The van der Waals surface area contributed by atoms with E-state index in [1.165, 1.54) is 22.1 Å². The number of halogens is 3. The summed E-state index contributed by atoms with van der Waals surface area (Å²) in [4.78, 5) is 27.5. The smallest absolute Gasteiger partial charge is 0.282 e. The van der Waals surface area contributed by atoms with E-state index in [-0.39, 0.29) is 53.8 Å². The van der Waals surface area contributed by atoms with E-state index in [0.717, 1.165) is 36.1 Å². The van der Waals surface area contributed by atoms with Crippen LogP contribution in [0.2, 0.25) is 0 Å². The van der Waals surface area contributed by atoms with E-state index < -0.39 is 12.6 Å². The van der Waals surface area contributed by atoms with Gasteiger partial charge in [0.05, 0.1) is 5.56 Å². The minimum absolute atomic E-state index is 0.105. The van der Waals surface area contributed by atoms with Gasteiger partial charge < -0.3 is 16.0 Å². The number of amides is 2. The summed E-state index contributed by atoms with van der Waals surface area (Å²) < 4.78 is 42.9. The second kappa shape index (κ2) is 9.32. The highest BCUT2D eigenvalue weighted by molar-refractivity contribution is 7.17. The highest BCUT2D eigenvalue weighted by Gasteiger charge is 2.63. The zero-order valence-corrected chi connectivity index (χ0v) is 22.6. The van der Waals surface area contributed by atoms with Gasteiger partial charge in [0.2, 0.25) is 11.9 Å². The number of hydrogen-bond acceptors (Lipinski definition) is 7. The SMILES string of the molecule is Cn1nc(C(F)F)cc1Nc1nncn1[C@H]1CCc2sc(NC(=O)C3CC(F)C3)c(C(=O)N[C@H]3CC34CC4)c2C1. The zero-order chi connectivity index (χ0) is 27.8. The third-order valence-corrected chi connectivity index (χ3v) is 10.1. The number of aryl methyl sites for hydroxylation is 2. The minimum atomic E-state index is -2.69. The van der Waals surface area contributed by atoms with Gasteiger partial charge in [-0.05, 0) is 62.3 Å². The Morgan fingerprint density at radius 2 is 2.05 bits per heavy atom. The van der Waals surface area contributed by atoms with E-state index in [1.54, 1.807) is 13.4 Å². The van der Waals surface area contributed by atoms with Crippen molar-refractivity contribution in [1.82, 2.24) is 29.9 Å². The molecule has 3 aromatic rings. The molecule has 2 amide bonds. The fourth-order valence-corrected chi connectivity index (χ4v) is 7.27. The Morgan fingerprint density at radius 3 is 2.73 bits per heavy atom. The molecule has 40 heavy (non-hydrogen) atoms. The first-order valence-corrected chi connectivity index (χ1v) is 14.4. The fraction of sp³-hybridized carbons (Fsp3) is 0.577. The topological polar surface area (TPSA) is 119 Å². The molecule has 0 unspecified atom stereocenters. The van der Waals surface area contributed by atoms with Crippen molar-refractivity contribution in [2.24, 2.45) is 18.4 Å². The van der Waals surface area contributed by atoms with Crippen LogP contribution in [0.15, 0.2) is 12.4 Å². The van der Waals surface area contributed by atoms with E-state index in [2.05, 4.69) is 31.2 Å². The quantitative estimate of drug-likeness (QED) is 0.366. The van der Waals surface area contributed by atoms with Crippen LogP contribution in [-0.2, 0) is 24.7 Å². The Balaban J connectivity index is 1.15. The van der Waals surface area contributed by atoms with Crippen molar-refractivity contribution in [3.63, 3.8) is 0 Å². The number of hydrogen-bond donors (Lipinski definition) is 3. The Kier molecular flexibility index (Phi) is 5.95. The number of rotatable bonds is 8. The van der Waals surface area contributed by atoms with Gasteiger partial charge in [-0.15, -0.1) is 21.5 Å². The molecule has 4 aliphatic rings. The summed E-state index contributed by atoms with van der Waals surface area (Å²) in [6.07, 6.45) is 3.57. The van der Waals surface area contributed by atoms with Crippen LogP contribution in [0.5, 0.6) is 0 Å². The van der Waals surface area contributed by atoms with Crippen LogP contribution < -0.4 is 16.0 Å². The number of carbonyl (C=O) groups excluding carboxylic acids is 2. The first kappa shape index (κ1) is 25.5. The molecule has 212 valence electrons. The van der Waals surface area contributed by atoms with Crippen molar-refractivity contribution >= 4 is 39.9 Å². The van der Waals surface area contributed by atoms with Gasteiger partial charge in [-0.2, -0.15) is 5.10 Å². The Labute approximate surface area is 231 Å². The monoisotopic (exact) mass is 574 g/mol. The van der Waals surface area contributed by atoms with Gasteiger partial charge in [-0.1, -0.05) is 0 Å². The summed E-state index contributed by atoms with van der Waals surface area (Å²) in [6, 6.07) is 1.34. The summed E-state index contributed by atoms with van der Waals surface area (Å²) >= 11 is 1.42. The largest absolute Gasteiger partial charge is 0.349 e. The van der Waals surface area contributed by atoms with Crippen molar-refractivity contribution in [1.29, 1.82) is 0 Å². The Hall–Kier alpha value is -3.42. The van der Waals surface area contributed by atoms with Gasteiger partial charge in [0, 0.05) is 36.0 Å². The summed E-state index contributed by atoms with van der Waals surface area (Å²) in [5, 5.41) is 21.8. The van der Waals surface area contributed by atoms with Gasteiger partial charge >= 0.3 is 0 Å². The summed E-state index contributed by atoms with van der Waals surface area (Å²) in [5.74, 6) is -0.0687. The molecule has 14 heteroatoms. The lowest BCUT2D eigenvalue weighted by Gasteiger charge is -2.28. The minimum Gasteiger partial charge on any atom is -0.349 e. The average Bonchev–Trinajstić information content (AvgIpc) is 3.60. The third kappa shape index (κ3) is 4.45. The van der Waals surface area contributed by atoms with Gasteiger partial charge in [-0.3, -0.25) is 18.8 Å². The van der Waals surface area contributed by atoms with Crippen molar-refractivity contribution in [2.45, 2.75) is 76.0 Å². The van der Waals surface area contributed by atoms with Crippen LogP contribution in [-0.4, -0.2) is 48.6 Å². The predicted molar refractivity (Wildman–Crippen MR) is 141 cm³/mol. The maximum Gasteiger partial charge on any atom is 0.282 e. The molecular weight excluding hydrogens is 545 g/mol. The fourth-order valence-electron chi connectivity index (χ4n) is 6.03. The predicted octanol–water partition coefficient (Wildman–Crippen LogP) is 4.45. The van der Waals surface area contributed by atoms with Crippen molar-refractivity contribution in [3.8, 4) is 0 Å². The van der Waals surface area contributed by atoms with Crippen molar-refractivity contribution < 1.29 is 22.8 Å². The van der Waals surface area contributed by atoms with Crippen LogP contribution in [0.3, 0.4) is 0 Å². The first-order valence-electron chi connectivity index (χ1n) is 13.6. The molecule has 10 nitrogen and oxygen atoms in total. The maximum atomic E-state index is 13.6. The standard InChI is InChI=1S/C26H29F3N8O2S/c1-36-19(9-16(35-36)21(28)29)32-25-34-30-11-37(25)14-2-3-17-15(8-14)20(23(39)31-18-10-26(18)4-5-26)24(40-17)33-22(38)12-6-13(27)7-12/h9,11-14,18,21H,2-8,10H2,1H3,(H,31,39)(H,32,34)(H,33,38)/t12?,13?,14-,18-/m0/s1. The van der Waals surface area contributed by atoms with Crippen LogP contribution >= 0.6 is 11.3 Å². The highest BCUT2D eigenvalue weighted by Crippen LogP contribution is 2.66. The van der Waals surface area contributed by atoms with E-state index >= 15 is 0 Å². The van der Waals surface area contributed by atoms with Crippen LogP contribution in [0.4, 0.5) is 29.9 Å². The van der Waals surface area contributed by atoms with Crippen molar-refractivity contribution in [2.75, 3.05) is 10.6 Å². The van der Waals surface area contributed by atoms with E-state index in [1.807, 2.05) is 4.57 Å². The van der Waals surface area contributed by atoms with E-state index in [0.29, 0.717) is 35.2 Å².